The van der Waals surface area contributed by atoms with Gasteiger partial charge in [0.1, 0.15) is 0 Å². The summed E-state index contributed by atoms with van der Waals surface area (Å²) in [6, 6.07) is 5.55. The first-order chi connectivity index (χ1) is 8.69. The van der Waals surface area contributed by atoms with E-state index < -0.39 is 0 Å². The first-order valence-corrected chi connectivity index (χ1v) is 7.53. The molecule has 3 nitrogen and oxygen atoms in total. The van der Waals surface area contributed by atoms with E-state index in [-0.39, 0.29) is 5.75 Å². The summed E-state index contributed by atoms with van der Waals surface area (Å²) in [4.78, 5) is 0. The van der Waals surface area contributed by atoms with Crippen LogP contribution in [-0.2, 0) is 6.54 Å². The minimum Gasteiger partial charge on any atom is -0.504 e. The van der Waals surface area contributed by atoms with Gasteiger partial charge in [-0.1, -0.05) is 12.5 Å². The molecule has 18 heavy (non-hydrogen) atoms. The Labute approximate surface area is 113 Å². The lowest BCUT2D eigenvalue weighted by atomic mass is 9.84. The number of methoxy groups -OCH3 is 1. The van der Waals surface area contributed by atoms with Gasteiger partial charge in [-0.05, 0) is 36.8 Å². The van der Waals surface area contributed by atoms with Crippen molar-refractivity contribution in [1.29, 1.82) is 0 Å². The molecule has 2 rings (SSSR count). The van der Waals surface area contributed by atoms with Gasteiger partial charge in [-0.2, -0.15) is 11.8 Å². The molecule has 0 aliphatic heterocycles. The van der Waals surface area contributed by atoms with Crippen LogP contribution in [0.3, 0.4) is 0 Å². The van der Waals surface area contributed by atoms with Crippen molar-refractivity contribution in [2.75, 3.05) is 19.9 Å². The molecule has 0 atom stereocenters. The van der Waals surface area contributed by atoms with Crippen LogP contribution < -0.4 is 10.1 Å². The van der Waals surface area contributed by atoms with E-state index in [1.165, 1.54) is 19.3 Å². The quantitative estimate of drug-likeness (QED) is 0.831. The molecule has 1 aliphatic carbocycles. The van der Waals surface area contributed by atoms with Gasteiger partial charge in [0.2, 0.25) is 0 Å². The molecule has 4 heteroatoms. The Kier molecular flexibility index (Phi) is 4.40. The first kappa shape index (κ1) is 13.6. The maximum atomic E-state index is 9.70. The number of rotatable bonds is 6. The zero-order valence-electron chi connectivity index (χ0n) is 11.0. The highest BCUT2D eigenvalue weighted by Gasteiger charge is 2.35. The lowest BCUT2D eigenvalue weighted by Crippen LogP contribution is -2.43. The number of nitrogens with one attached hydrogen (secondary N) is 1. The van der Waals surface area contributed by atoms with Gasteiger partial charge >= 0.3 is 0 Å². The number of hydrogen-bond acceptors (Lipinski definition) is 4. The van der Waals surface area contributed by atoms with Crippen LogP contribution in [0.2, 0.25) is 0 Å². The zero-order chi connectivity index (χ0) is 13.0. The molecule has 1 saturated carbocycles. The van der Waals surface area contributed by atoms with Gasteiger partial charge in [-0.25, -0.2) is 0 Å². The molecule has 0 spiro atoms. The smallest absolute Gasteiger partial charge is 0.160 e. The maximum absolute atomic E-state index is 9.70. The van der Waals surface area contributed by atoms with Crippen LogP contribution in [0.25, 0.3) is 0 Å². The van der Waals surface area contributed by atoms with Crippen molar-refractivity contribution in [3.8, 4) is 11.5 Å². The molecular formula is C14H21NO2S. The Balaban J connectivity index is 1.85. The van der Waals surface area contributed by atoms with Crippen LogP contribution in [0, 0.1) is 0 Å². The van der Waals surface area contributed by atoms with Crippen LogP contribution in [0.4, 0.5) is 0 Å². The van der Waals surface area contributed by atoms with E-state index in [0.29, 0.717) is 10.5 Å². The van der Waals surface area contributed by atoms with Crippen LogP contribution in [0.15, 0.2) is 18.2 Å². The van der Waals surface area contributed by atoms with Gasteiger partial charge in [0.05, 0.1) is 7.11 Å². The molecule has 1 aliphatic rings. The highest BCUT2D eigenvalue weighted by molar-refractivity contribution is 8.00. The van der Waals surface area contributed by atoms with Crippen LogP contribution >= 0.6 is 11.8 Å². The number of phenolic OH excluding ortho intramolecular Hbond substituents is 1. The Morgan fingerprint density at radius 3 is 2.72 bits per heavy atom. The summed E-state index contributed by atoms with van der Waals surface area (Å²) in [6.45, 7) is 1.83. The van der Waals surface area contributed by atoms with Crippen molar-refractivity contribution in [3.63, 3.8) is 0 Å². The van der Waals surface area contributed by atoms with E-state index in [9.17, 15) is 5.11 Å². The van der Waals surface area contributed by atoms with E-state index >= 15 is 0 Å². The molecule has 1 aromatic rings. The van der Waals surface area contributed by atoms with E-state index in [0.717, 1.165) is 18.7 Å². The Morgan fingerprint density at radius 2 is 2.22 bits per heavy atom. The van der Waals surface area contributed by atoms with E-state index in [2.05, 4.69) is 11.6 Å². The van der Waals surface area contributed by atoms with Crippen molar-refractivity contribution in [3.05, 3.63) is 23.8 Å². The molecule has 0 radical (unpaired) electrons. The molecule has 1 aromatic carbocycles. The van der Waals surface area contributed by atoms with E-state index in [4.69, 9.17) is 4.74 Å². The molecule has 0 bridgehead atoms. The number of phenols is 1. The van der Waals surface area contributed by atoms with Crippen LogP contribution in [0.1, 0.15) is 24.8 Å². The number of thioether (sulfide) groups is 1. The number of aromatic hydroxyl groups is 1. The summed E-state index contributed by atoms with van der Waals surface area (Å²) in [5.74, 6) is 0.735. The normalized spacial score (nSPS) is 17.2. The second-order valence-electron chi connectivity index (χ2n) is 4.85. The fourth-order valence-corrected chi connectivity index (χ4v) is 3.25. The number of ether oxygens (including phenoxy) is 1. The molecular weight excluding hydrogens is 246 g/mol. The predicted molar refractivity (Wildman–Crippen MR) is 76.5 cm³/mol. The lowest BCUT2D eigenvalue weighted by molar-refractivity contribution is 0.345. The summed E-state index contributed by atoms with van der Waals surface area (Å²) in [7, 11) is 1.56. The Hall–Kier alpha value is -0.870. The third-order valence-electron chi connectivity index (χ3n) is 3.72. The minimum atomic E-state index is 0.208. The maximum Gasteiger partial charge on any atom is 0.160 e. The second-order valence-corrected chi connectivity index (χ2v) is 6.12. The summed E-state index contributed by atoms with van der Waals surface area (Å²) < 4.78 is 5.48. The highest BCUT2D eigenvalue weighted by Crippen LogP contribution is 2.42. The lowest BCUT2D eigenvalue weighted by Gasteiger charge is -2.40. The molecule has 2 N–H and O–H groups in total. The SMILES string of the molecule is COc1ccc(CNCC2(SC)CCC2)cc1O. The standard InChI is InChI=1S/C14H21NO2S/c1-17-13-5-4-11(8-12(13)16)9-15-10-14(18-2)6-3-7-14/h4-5,8,15-16H,3,6-7,9-10H2,1-2H3. The highest BCUT2D eigenvalue weighted by atomic mass is 32.2. The van der Waals surface area contributed by atoms with Gasteiger partial charge in [-0.15, -0.1) is 0 Å². The van der Waals surface area contributed by atoms with Crippen molar-refractivity contribution in [2.24, 2.45) is 0 Å². The fourth-order valence-electron chi connectivity index (χ4n) is 2.30. The molecule has 0 amide bonds. The third-order valence-corrected chi connectivity index (χ3v) is 5.14. The molecule has 1 fully saturated rings. The Morgan fingerprint density at radius 1 is 1.44 bits per heavy atom. The summed E-state index contributed by atoms with van der Waals surface area (Å²) in [6.07, 6.45) is 6.18. The monoisotopic (exact) mass is 267 g/mol. The van der Waals surface area contributed by atoms with Crippen molar-refractivity contribution in [2.45, 2.75) is 30.6 Å². The zero-order valence-corrected chi connectivity index (χ0v) is 11.8. The van der Waals surface area contributed by atoms with Crippen LogP contribution in [-0.4, -0.2) is 29.8 Å². The predicted octanol–water partition coefficient (Wildman–Crippen LogP) is 2.78. The molecule has 0 unspecified atom stereocenters. The van der Waals surface area contributed by atoms with Crippen molar-refractivity contribution < 1.29 is 9.84 Å². The van der Waals surface area contributed by atoms with Crippen molar-refractivity contribution in [1.82, 2.24) is 5.32 Å². The van der Waals surface area contributed by atoms with E-state index in [1.54, 1.807) is 19.2 Å². The molecule has 0 heterocycles. The fraction of sp³-hybridized carbons (Fsp3) is 0.571. The average Bonchev–Trinajstić information content (AvgIpc) is 2.33. The topological polar surface area (TPSA) is 41.5 Å². The van der Waals surface area contributed by atoms with E-state index in [1.807, 2.05) is 17.8 Å². The summed E-state index contributed by atoms with van der Waals surface area (Å²) >= 11 is 1.97. The largest absolute Gasteiger partial charge is 0.504 e. The second kappa shape index (κ2) is 5.85. The number of benzene rings is 1. The van der Waals surface area contributed by atoms with Gasteiger partial charge in [-0.3, -0.25) is 0 Å². The summed E-state index contributed by atoms with van der Waals surface area (Å²) in [5.41, 5.74) is 1.09. The van der Waals surface area contributed by atoms with Gasteiger partial charge in [0, 0.05) is 17.8 Å². The van der Waals surface area contributed by atoms with Crippen LogP contribution in [0.5, 0.6) is 11.5 Å². The molecule has 0 saturated heterocycles. The number of hydrogen-bond donors (Lipinski definition) is 2. The Bertz CT molecular complexity index is 399. The van der Waals surface area contributed by atoms with Gasteiger partial charge in [0.15, 0.2) is 11.5 Å². The summed E-state index contributed by atoms with van der Waals surface area (Å²) in [5, 5.41) is 13.2. The van der Waals surface area contributed by atoms with Gasteiger partial charge in [0.25, 0.3) is 0 Å². The minimum absolute atomic E-state index is 0.208. The van der Waals surface area contributed by atoms with Gasteiger partial charge < -0.3 is 15.2 Å². The third kappa shape index (κ3) is 2.93. The molecule has 100 valence electrons. The average molecular weight is 267 g/mol. The first-order valence-electron chi connectivity index (χ1n) is 6.31. The molecule has 0 aromatic heterocycles. The van der Waals surface area contributed by atoms with Crippen molar-refractivity contribution >= 4 is 11.8 Å².